The Morgan fingerprint density at radius 1 is 1.50 bits per heavy atom. The zero-order chi connectivity index (χ0) is 13.2. The lowest BCUT2D eigenvalue weighted by atomic mass is 9.99. The van der Waals surface area contributed by atoms with Crippen LogP contribution in [0.3, 0.4) is 0 Å². The first-order valence-electron chi connectivity index (χ1n) is 5.87. The molecule has 2 N–H and O–H groups in total. The van der Waals surface area contributed by atoms with Crippen molar-refractivity contribution in [1.29, 1.82) is 0 Å². The normalized spacial score (nSPS) is 19.2. The van der Waals surface area contributed by atoms with Crippen LogP contribution in [0.2, 0.25) is 0 Å². The predicted octanol–water partition coefficient (Wildman–Crippen LogP) is 1.38. The van der Waals surface area contributed by atoms with E-state index in [0.717, 1.165) is 12.8 Å². The number of hydrogen-bond donors (Lipinski definition) is 1. The third-order valence-electron chi connectivity index (χ3n) is 3.17. The van der Waals surface area contributed by atoms with Crippen LogP contribution in [0.1, 0.15) is 12.8 Å². The van der Waals surface area contributed by atoms with Gasteiger partial charge in [-0.3, -0.25) is 0 Å². The van der Waals surface area contributed by atoms with E-state index < -0.39 is 10.0 Å². The van der Waals surface area contributed by atoms with Gasteiger partial charge in [0.15, 0.2) is 0 Å². The quantitative estimate of drug-likeness (QED) is 0.909. The summed E-state index contributed by atoms with van der Waals surface area (Å²) in [4.78, 5) is 0. The topological polar surface area (TPSA) is 72.6 Å². The molecule has 2 rings (SSSR count). The van der Waals surface area contributed by atoms with Crippen molar-refractivity contribution in [2.24, 2.45) is 5.92 Å². The Labute approximate surface area is 112 Å². The van der Waals surface area contributed by atoms with Crippen LogP contribution in [0.25, 0.3) is 0 Å². The van der Waals surface area contributed by atoms with Gasteiger partial charge in [-0.15, -0.1) is 11.3 Å². The van der Waals surface area contributed by atoms with E-state index in [9.17, 15) is 8.42 Å². The molecule has 0 amide bonds. The standard InChI is InChI=1S/C11H18N2O3S2/c1-16-7-9-2-4-13(5-3-9)18(14,15)11-6-10(12)8-17-11/h6,8-9H,2-5,7,12H2,1H3. The maximum atomic E-state index is 12.3. The molecule has 102 valence electrons. The lowest BCUT2D eigenvalue weighted by Crippen LogP contribution is -2.39. The number of anilines is 1. The van der Waals surface area contributed by atoms with Gasteiger partial charge in [0.1, 0.15) is 4.21 Å². The molecule has 1 fully saturated rings. The first-order chi connectivity index (χ1) is 8.54. The summed E-state index contributed by atoms with van der Waals surface area (Å²) in [6.45, 7) is 1.84. The van der Waals surface area contributed by atoms with Crippen molar-refractivity contribution in [3.63, 3.8) is 0 Å². The minimum atomic E-state index is -3.35. The number of thiophene rings is 1. The van der Waals surface area contributed by atoms with Crippen molar-refractivity contribution >= 4 is 27.0 Å². The molecule has 0 saturated carbocycles. The molecule has 18 heavy (non-hydrogen) atoms. The third kappa shape index (κ3) is 2.85. The number of rotatable bonds is 4. The molecule has 0 radical (unpaired) electrons. The first kappa shape index (κ1) is 13.8. The largest absolute Gasteiger partial charge is 0.398 e. The van der Waals surface area contributed by atoms with Crippen LogP contribution in [0, 0.1) is 5.92 Å². The number of sulfonamides is 1. The van der Waals surface area contributed by atoms with Gasteiger partial charge in [-0.25, -0.2) is 8.42 Å². The molecule has 0 aromatic carbocycles. The number of nitrogen functional groups attached to an aromatic ring is 1. The van der Waals surface area contributed by atoms with Crippen molar-refractivity contribution in [2.75, 3.05) is 32.5 Å². The van der Waals surface area contributed by atoms with E-state index in [0.29, 0.717) is 35.5 Å². The number of hydrogen-bond acceptors (Lipinski definition) is 5. The van der Waals surface area contributed by atoms with Crippen molar-refractivity contribution in [1.82, 2.24) is 4.31 Å². The van der Waals surface area contributed by atoms with Crippen LogP contribution in [0.4, 0.5) is 5.69 Å². The third-order valence-corrected chi connectivity index (χ3v) is 6.50. The van der Waals surface area contributed by atoms with Gasteiger partial charge in [-0.1, -0.05) is 0 Å². The van der Waals surface area contributed by atoms with E-state index in [2.05, 4.69) is 0 Å². The second-order valence-electron chi connectivity index (χ2n) is 4.50. The van der Waals surface area contributed by atoms with Gasteiger partial charge in [-0.05, 0) is 24.8 Å². The first-order valence-corrected chi connectivity index (χ1v) is 8.19. The van der Waals surface area contributed by atoms with Crippen LogP contribution < -0.4 is 5.73 Å². The minimum absolute atomic E-state index is 0.338. The van der Waals surface area contributed by atoms with Gasteiger partial charge in [-0.2, -0.15) is 4.31 Å². The summed E-state index contributed by atoms with van der Waals surface area (Å²) in [6.07, 6.45) is 1.71. The molecule has 5 nitrogen and oxygen atoms in total. The van der Waals surface area contributed by atoms with Gasteiger partial charge in [0.2, 0.25) is 0 Å². The molecule has 0 spiro atoms. The van der Waals surface area contributed by atoms with Crippen molar-refractivity contribution in [3.8, 4) is 0 Å². The summed E-state index contributed by atoms with van der Waals surface area (Å²) in [5.41, 5.74) is 6.08. The number of methoxy groups -OCH3 is 1. The lowest BCUT2D eigenvalue weighted by Gasteiger charge is -2.30. The molecule has 2 heterocycles. The molecule has 0 bridgehead atoms. The van der Waals surface area contributed by atoms with E-state index >= 15 is 0 Å². The minimum Gasteiger partial charge on any atom is -0.398 e. The SMILES string of the molecule is COCC1CCN(S(=O)(=O)c2cc(N)cs2)CC1. The maximum absolute atomic E-state index is 12.3. The number of nitrogens with zero attached hydrogens (tertiary/aromatic N) is 1. The molecular formula is C11H18N2O3S2. The Morgan fingerprint density at radius 2 is 2.17 bits per heavy atom. The highest BCUT2D eigenvalue weighted by atomic mass is 32.2. The van der Waals surface area contributed by atoms with Gasteiger partial charge in [0.25, 0.3) is 10.0 Å². The van der Waals surface area contributed by atoms with Crippen LogP contribution in [0.15, 0.2) is 15.7 Å². The van der Waals surface area contributed by atoms with Crippen LogP contribution >= 0.6 is 11.3 Å². The molecule has 0 unspecified atom stereocenters. The Hall–Kier alpha value is -0.630. The summed E-state index contributed by atoms with van der Waals surface area (Å²) in [6, 6.07) is 1.53. The zero-order valence-electron chi connectivity index (χ0n) is 10.3. The zero-order valence-corrected chi connectivity index (χ0v) is 12.0. The molecule has 0 aliphatic carbocycles. The summed E-state index contributed by atoms with van der Waals surface area (Å²) >= 11 is 1.18. The summed E-state index contributed by atoms with van der Waals surface area (Å²) in [5.74, 6) is 0.467. The van der Waals surface area contributed by atoms with Gasteiger partial charge in [0.05, 0.1) is 0 Å². The molecule has 1 aromatic rings. The molecule has 1 aromatic heterocycles. The average Bonchev–Trinajstić information content (AvgIpc) is 2.78. The van der Waals surface area contributed by atoms with Gasteiger partial charge >= 0.3 is 0 Å². The van der Waals surface area contributed by atoms with Crippen LogP contribution in [-0.2, 0) is 14.8 Å². The Morgan fingerprint density at radius 3 is 2.67 bits per heavy atom. The summed E-state index contributed by atoms with van der Waals surface area (Å²) < 4.78 is 31.6. The van der Waals surface area contributed by atoms with E-state index in [4.69, 9.17) is 10.5 Å². The number of nitrogens with two attached hydrogens (primary N) is 1. The molecular weight excluding hydrogens is 272 g/mol. The smallest absolute Gasteiger partial charge is 0.252 e. The van der Waals surface area contributed by atoms with Gasteiger partial charge < -0.3 is 10.5 Å². The van der Waals surface area contributed by atoms with Crippen molar-refractivity contribution in [2.45, 2.75) is 17.1 Å². The highest BCUT2D eigenvalue weighted by Gasteiger charge is 2.30. The molecule has 0 atom stereocenters. The lowest BCUT2D eigenvalue weighted by molar-refractivity contribution is 0.121. The summed E-state index contributed by atoms with van der Waals surface area (Å²) in [5, 5.41) is 1.66. The van der Waals surface area contributed by atoms with E-state index in [1.807, 2.05) is 0 Å². The predicted molar refractivity (Wildman–Crippen MR) is 72.1 cm³/mol. The Kier molecular flexibility index (Phi) is 4.26. The van der Waals surface area contributed by atoms with Crippen LogP contribution in [0.5, 0.6) is 0 Å². The van der Waals surface area contributed by atoms with Gasteiger partial charge in [0, 0.05) is 37.9 Å². The maximum Gasteiger partial charge on any atom is 0.252 e. The number of piperidine rings is 1. The van der Waals surface area contributed by atoms with Crippen molar-refractivity contribution in [3.05, 3.63) is 11.4 Å². The monoisotopic (exact) mass is 290 g/mol. The Bertz CT molecular complexity index is 490. The number of ether oxygens (including phenoxy) is 1. The Balaban J connectivity index is 2.05. The van der Waals surface area contributed by atoms with E-state index in [-0.39, 0.29) is 0 Å². The highest BCUT2D eigenvalue weighted by Crippen LogP contribution is 2.28. The fourth-order valence-electron chi connectivity index (χ4n) is 2.14. The molecule has 1 saturated heterocycles. The second-order valence-corrected chi connectivity index (χ2v) is 7.58. The molecule has 7 heteroatoms. The molecule has 1 aliphatic rings. The van der Waals surface area contributed by atoms with Crippen LogP contribution in [-0.4, -0.2) is 39.5 Å². The summed E-state index contributed by atoms with van der Waals surface area (Å²) in [7, 11) is -1.67. The molecule has 1 aliphatic heterocycles. The fraction of sp³-hybridized carbons (Fsp3) is 0.636. The van der Waals surface area contributed by atoms with E-state index in [1.165, 1.54) is 17.4 Å². The highest BCUT2D eigenvalue weighted by molar-refractivity contribution is 7.91. The van der Waals surface area contributed by atoms with Crippen molar-refractivity contribution < 1.29 is 13.2 Å². The van der Waals surface area contributed by atoms with E-state index in [1.54, 1.807) is 16.8 Å². The average molecular weight is 290 g/mol. The fourth-order valence-corrected chi connectivity index (χ4v) is 4.85. The second kappa shape index (κ2) is 5.56.